The van der Waals surface area contributed by atoms with Crippen molar-refractivity contribution < 1.29 is 22.7 Å². The predicted octanol–water partition coefficient (Wildman–Crippen LogP) is 2.71. The lowest BCUT2D eigenvalue weighted by Gasteiger charge is -2.09. The Hall–Kier alpha value is -2.25. The number of benzene rings is 2. The van der Waals surface area contributed by atoms with Crippen molar-refractivity contribution in [2.24, 2.45) is 0 Å². The van der Waals surface area contributed by atoms with E-state index in [1.54, 1.807) is 43.5 Å². The largest absolute Gasteiger partial charge is 0.497 e. The van der Waals surface area contributed by atoms with Gasteiger partial charge in [0, 0.05) is 11.4 Å². The molecule has 0 atom stereocenters. The fraction of sp³-hybridized carbons (Fsp3) is 0.278. The summed E-state index contributed by atoms with van der Waals surface area (Å²) in [6.45, 7) is 0.557. The molecule has 0 aliphatic rings. The van der Waals surface area contributed by atoms with Crippen LogP contribution in [0.15, 0.2) is 53.4 Å². The molecule has 0 fully saturated rings. The highest BCUT2D eigenvalue weighted by atomic mass is 35.5. The molecule has 0 heterocycles. The van der Waals surface area contributed by atoms with Gasteiger partial charge in [-0.15, -0.1) is 0 Å². The Balaban J connectivity index is 1.71. The molecule has 2 aromatic rings. The van der Waals surface area contributed by atoms with Crippen LogP contribution < -0.4 is 14.8 Å². The number of hydrogen-bond acceptors (Lipinski definition) is 5. The molecule has 0 unspecified atom stereocenters. The van der Waals surface area contributed by atoms with E-state index in [0.717, 1.165) is 5.75 Å². The Bertz CT molecular complexity index is 837. The summed E-state index contributed by atoms with van der Waals surface area (Å²) in [4.78, 5) is 11.9. The summed E-state index contributed by atoms with van der Waals surface area (Å²) >= 11 is 5.80. The van der Waals surface area contributed by atoms with Crippen molar-refractivity contribution >= 4 is 27.3 Å². The molecule has 0 aliphatic carbocycles. The molecule has 0 saturated heterocycles. The van der Waals surface area contributed by atoms with Crippen LogP contribution in [0.5, 0.6) is 11.5 Å². The minimum atomic E-state index is -3.55. The minimum Gasteiger partial charge on any atom is -0.497 e. The quantitative estimate of drug-likeness (QED) is 0.658. The summed E-state index contributed by atoms with van der Waals surface area (Å²) in [5.74, 6) is 0.752. The molecule has 0 aromatic heterocycles. The van der Waals surface area contributed by atoms with E-state index in [2.05, 4.69) is 5.32 Å². The molecular weight excluding hydrogens is 378 g/mol. The number of rotatable bonds is 9. The first-order valence-corrected chi connectivity index (χ1v) is 9.95. The Morgan fingerprint density at radius 3 is 2.46 bits per heavy atom. The van der Waals surface area contributed by atoms with Crippen LogP contribution in [0.2, 0.25) is 5.02 Å². The lowest BCUT2D eigenvalue weighted by Crippen LogP contribution is -2.29. The molecule has 1 amide bonds. The van der Waals surface area contributed by atoms with Crippen LogP contribution in [0, 0.1) is 0 Å². The van der Waals surface area contributed by atoms with E-state index >= 15 is 0 Å². The molecule has 0 spiro atoms. The summed E-state index contributed by atoms with van der Waals surface area (Å²) in [5.41, 5.74) is 0. The Morgan fingerprint density at radius 1 is 1.12 bits per heavy atom. The van der Waals surface area contributed by atoms with Gasteiger partial charge >= 0.3 is 0 Å². The molecule has 0 radical (unpaired) electrons. The zero-order valence-corrected chi connectivity index (χ0v) is 15.8. The molecule has 0 saturated carbocycles. The van der Waals surface area contributed by atoms with Crippen LogP contribution >= 0.6 is 11.6 Å². The van der Waals surface area contributed by atoms with Gasteiger partial charge in [0.2, 0.25) is 5.91 Å². The first-order valence-electron chi connectivity index (χ1n) is 7.92. The van der Waals surface area contributed by atoms with E-state index in [0.29, 0.717) is 10.8 Å². The first-order chi connectivity index (χ1) is 12.4. The monoisotopic (exact) mass is 397 g/mol. The third-order valence-corrected chi connectivity index (χ3v) is 5.45. The van der Waals surface area contributed by atoms with Gasteiger partial charge in [-0.25, -0.2) is 8.42 Å². The predicted molar refractivity (Wildman–Crippen MR) is 99.6 cm³/mol. The maximum atomic E-state index is 12.2. The van der Waals surface area contributed by atoms with Crippen LogP contribution in [0.4, 0.5) is 0 Å². The number of sulfone groups is 1. The van der Waals surface area contributed by atoms with Crippen molar-refractivity contribution in [3.8, 4) is 11.5 Å². The van der Waals surface area contributed by atoms with Crippen molar-refractivity contribution in [3.63, 3.8) is 0 Å². The number of hydrogen-bond donors (Lipinski definition) is 1. The van der Waals surface area contributed by atoms with Crippen LogP contribution in [0.3, 0.4) is 0 Å². The summed E-state index contributed by atoms with van der Waals surface area (Å²) in [6.07, 6.45) is -0.128. The first kappa shape index (κ1) is 20.1. The highest BCUT2D eigenvalue weighted by Gasteiger charge is 2.16. The Labute approximate surface area is 158 Å². The van der Waals surface area contributed by atoms with Gasteiger partial charge in [-0.2, -0.15) is 0 Å². The molecule has 0 aliphatic heterocycles. The molecule has 140 valence electrons. The van der Waals surface area contributed by atoms with Gasteiger partial charge in [-0.05, 0) is 42.5 Å². The van der Waals surface area contributed by atoms with Gasteiger partial charge in [0.25, 0.3) is 0 Å². The van der Waals surface area contributed by atoms with Crippen molar-refractivity contribution in [1.29, 1.82) is 0 Å². The number of methoxy groups -OCH3 is 1. The van der Waals surface area contributed by atoms with E-state index in [-0.39, 0.29) is 36.1 Å². The molecular formula is C18H20ClNO5S. The highest BCUT2D eigenvalue weighted by Crippen LogP contribution is 2.18. The summed E-state index contributed by atoms with van der Waals surface area (Å²) in [6, 6.07) is 13.1. The second-order valence-corrected chi connectivity index (χ2v) is 7.95. The second kappa shape index (κ2) is 9.45. The van der Waals surface area contributed by atoms with Crippen LogP contribution in [-0.2, 0) is 14.6 Å². The summed E-state index contributed by atoms with van der Waals surface area (Å²) in [7, 11) is -1.97. The average Bonchev–Trinajstić information content (AvgIpc) is 2.64. The van der Waals surface area contributed by atoms with E-state index in [9.17, 15) is 13.2 Å². The molecule has 8 heteroatoms. The fourth-order valence-corrected chi connectivity index (χ4v) is 3.66. The number of amides is 1. The van der Waals surface area contributed by atoms with Crippen molar-refractivity contribution in [2.75, 3.05) is 26.0 Å². The zero-order chi connectivity index (χ0) is 19.0. The minimum absolute atomic E-state index is 0.112. The van der Waals surface area contributed by atoms with E-state index in [1.807, 2.05) is 0 Å². The van der Waals surface area contributed by atoms with E-state index < -0.39 is 9.84 Å². The van der Waals surface area contributed by atoms with Gasteiger partial charge in [0.05, 0.1) is 24.3 Å². The smallest absolute Gasteiger partial charge is 0.221 e. The van der Waals surface area contributed by atoms with Crippen molar-refractivity contribution in [1.82, 2.24) is 5.32 Å². The normalized spacial score (nSPS) is 11.0. The summed E-state index contributed by atoms with van der Waals surface area (Å²) < 4.78 is 34.9. The van der Waals surface area contributed by atoms with Crippen molar-refractivity contribution in [2.45, 2.75) is 11.3 Å². The van der Waals surface area contributed by atoms with Crippen molar-refractivity contribution in [3.05, 3.63) is 53.6 Å². The number of ether oxygens (including phenoxy) is 2. The van der Waals surface area contributed by atoms with Gasteiger partial charge in [-0.1, -0.05) is 17.7 Å². The molecule has 6 nitrogen and oxygen atoms in total. The second-order valence-electron chi connectivity index (χ2n) is 5.40. The average molecular weight is 398 g/mol. The molecule has 0 bridgehead atoms. The Morgan fingerprint density at radius 2 is 1.81 bits per heavy atom. The van der Waals surface area contributed by atoms with Crippen LogP contribution in [0.1, 0.15) is 6.42 Å². The van der Waals surface area contributed by atoms with E-state index in [4.69, 9.17) is 21.1 Å². The SMILES string of the molecule is COc1ccc(OCCNC(=O)CCS(=O)(=O)c2cccc(Cl)c2)cc1. The van der Waals surface area contributed by atoms with Crippen LogP contribution in [0.25, 0.3) is 0 Å². The molecule has 1 N–H and O–H groups in total. The fourth-order valence-electron chi connectivity index (χ4n) is 2.13. The maximum Gasteiger partial charge on any atom is 0.221 e. The maximum absolute atomic E-state index is 12.2. The third kappa shape index (κ3) is 6.24. The van der Waals surface area contributed by atoms with Gasteiger partial charge in [0.15, 0.2) is 9.84 Å². The lowest BCUT2D eigenvalue weighted by molar-refractivity contribution is -0.120. The number of carbonyl (C=O) groups is 1. The van der Waals surface area contributed by atoms with Crippen LogP contribution in [-0.4, -0.2) is 40.3 Å². The topological polar surface area (TPSA) is 81.7 Å². The zero-order valence-electron chi connectivity index (χ0n) is 14.3. The molecule has 2 rings (SSSR count). The molecule has 2 aromatic carbocycles. The molecule has 26 heavy (non-hydrogen) atoms. The lowest BCUT2D eigenvalue weighted by atomic mass is 10.3. The number of carbonyl (C=O) groups excluding carboxylic acids is 1. The van der Waals surface area contributed by atoms with Gasteiger partial charge < -0.3 is 14.8 Å². The third-order valence-electron chi connectivity index (χ3n) is 3.51. The number of nitrogens with one attached hydrogen (secondary N) is 1. The summed E-state index contributed by atoms with van der Waals surface area (Å²) in [5, 5.41) is 2.97. The Kier molecular flexibility index (Phi) is 7.29. The standard InChI is InChI=1S/C18H20ClNO5S/c1-24-15-5-7-16(8-6-15)25-11-10-20-18(21)9-12-26(22,23)17-4-2-3-14(19)13-17/h2-8,13H,9-12H2,1H3,(H,20,21). The number of halogens is 1. The highest BCUT2D eigenvalue weighted by molar-refractivity contribution is 7.91. The van der Waals surface area contributed by atoms with Gasteiger partial charge in [-0.3, -0.25) is 4.79 Å². The van der Waals surface area contributed by atoms with E-state index in [1.165, 1.54) is 12.1 Å². The van der Waals surface area contributed by atoms with Gasteiger partial charge in [0.1, 0.15) is 18.1 Å².